The molecule has 110 valence electrons. The fourth-order valence-corrected chi connectivity index (χ4v) is 1.39. The molecule has 0 spiro atoms. The molecule has 1 aromatic carbocycles. The first-order valence-electron chi connectivity index (χ1n) is 6.08. The van der Waals surface area contributed by atoms with Gasteiger partial charge in [0.05, 0.1) is 4.92 Å². The molecule has 0 bridgehead atoms. The van der Waals surface area contributed by atoms with Gasteiger partial charge in [-0.05, 0) is 12.6 Å². The van der Waals surface area contributed by atoms with Crippen LogP contribution in [-0.2, 0) is 4.79 Å². The van der Waals surface area contributed by atoms with Crippen LogP contribution in [0.2, 0.25) is 0 Å². The first kappa shape index (κ1) is 15.8. The number of carbonyl (C=O) groups is 1. The van der Waals surface area contributed by atoms with E-state index >= 15 is 0 Å². The van der Waals surface area contributed by atoms with Crippen LogP contribution >= 0.6 is 0 Å². The van der Waals surface area contributed by atoms with Gasteiger partial charge in [0, 0.05) is 25.2 Å². The molecule has 0 fully saturated rings. The first-order chi connectivity index (χ1) is 9.54. The third-order valence-corrected chi connectivity index (χ3v) is 2.36. The van der Waals surface area contributed by atoms with Crippen molar-refractivity contribution < 1.29 is 18.8 Å². The van der Waals surface area contributed by atoms with Gasteiger partial charge in [-0.2, -0.15) is 4.39 Å². The van der Waals surface area contributed by atoms with Gasteiger partial charge < -0.3 is 15.4 Å². The van der Waals surface area contributed by atoms with Crippen LogP contribution in [0.15, 0.2) is 18.2 Å². The molecule has 0 aliphatic heterocycles. The van der Waals surface area contributed by atoms with Crippen molar-refractivity contribution in [3.63, 3.8) is 0 Å². The predicted molar refractivity (Wildman–Crippen MR) is 70.1 cm³/mol. The summed E-state index contributed by atoms with van der Waals surface area (Å²) in [7, 11) is 0. The van der Waals surface area contributed by atoms with E-state index < -0.39 is 16.4 Å². The van der Waals surface area contributed by atoms with E-state index in [2.05, 4.69) is 10.6 Å². The predicted octanol–water partition coefficient (Wildman–Crippen LogP) is 0.838. The van der Waals surface area contributed by atoms with Gasteiger partial charge in [-0.1, -0.05) is 6.92 Å². The number of nitro benzene ring substituents is 1. The number of rotatable bonds is 8. The smallest absolute Gasteiger partial charge is 0.305 e. The summed E-state index contributed by atoms with van der Waals surface area (Å²) >= 11 is 0. The molecule has 0 saturated heterocycles. The molecule has 1 amide bonds. The summed E-state index contributed by atoms with van der Waals surface area (Å²) in [5.74, 6) is -1.28. The number of amides is 1. The van der Waals surface area contributed by atoms with E-state index in [-0.39, 0.29) is 18.3 Å². The molecule has 0 aliphatic rings. The number of benzene rings is 1. The highest BCUT2D eigenvalue weighted by Crippen LogP contribution is 2.22. The molecule has 0 unspecified atom stereocenters. The molecule has 0 aromatic heterocycles. The van der Waals surface area contributed by atoms with E-state index in [0.29, 0.717) is 13.1 Å². The van der Waals surface area contributed by atoms with Crippen LogP contribution in [0, 0.1) is 15.9 Å². The minimum atomic E-state index is -1.000. The Morgan fingerprint density at radius 2 is 2.20 bits per heavy atom. The van der Waals surface area contributed by atoms with E-state index in [1.54, 1.807) is 0 Å². The van der Waals surface area contributed by atoms with Crippen LogP contribution < -0.4 is 15.4 Å². The molecule has 7 nitrogen and oxygen atoms in total. The lowest BCUT2D eigenvalue weighted by Crippen LogP contribution is -2.34. The Labute approximate surface area is 115 Å². The van der Waals surface area contributed by atoms with Gasteiger partial charge in [-0.25, -0.2) is 0 Å². The molecular formula is C12H16FN3O4. The van der Waals surface area contributed by atoms with Gasteiger partial charge in [0.15, 0.2) is 6.61 Å². The van der Waals surface area contributed by atoms with Gasteiger partial charge in [0.25, 0.3) is 5.91 Å². The molecule has 0 radical (unpaired) electrons. The van der Waals surface area contributed by atoms with Crippen molar-refractivity contribution in [3.8, 4) is 5.75 Å². The summed E-state index contributed by atoms with van der Waals surface area (Å²) in [6.45, 7) is 3.60. The van der Waals surface area contributed by atoms with Gasteiger partial charge in [0.2, 0.25) is 5.82 Å². The van der Waals surface area contributed by atoms with Crippen LogP contribution in [0.5, 0.6) is 5.75 Å². The van der Waals surface area contributed by atoms with Crippen LogP contribution in [-0.4, -0.2) is 37.1 Å². The number of nitrogens with zero attached hydrogens (tertiary/aromatic N) is 1. The van der Waals surface area contributed by atoms with Crippen LogP contribution in [0.25, 0.3) is 0 Å². The quantitative estimate of drug-likeness (QED) is 0.419. The fourth-order valence-electron chi connectivity index (χ4n) is 1.39. The van der Waals surface area contributed by atoms with Gasteiger partial charge in [0.1, 0.15) is 5.75 Å². The lowest BCUT2D eigenvalue weighted by atomic mass is 10.3. The van der Waals surface area contributed by atoms with Crippen molar-refractivity contribution in [2.45, 2.75) is 6.92 Å². The molecule has 1 aromatic rings. The van der Waals surface area contributed by atoms with Crippen molar-refractivity contribution in [1.29, 1.82) is 0 Å². The summed E-state index contributed by atoms with van der Waals surface area (Å²) in [5, 5.41) is 16.1. The minimum absolute atomic E-state index is 0.0648. The fraction of sp³-hybridized carbons (Fsp3) is 0.417. The van der Waals surface area contributed by atoms with E-state index in [4.69, 9.17) is 4.74 Å². The molecule has 0 aliphatic carbocycles. The van der Waals surface area contributed by atoms with Crippen molar-refractivity contribution in [1.82, 2.24) is 10.6 Å². The lowest BCUT2D eigenvalue weighted by Gasteiger charge is -2.07. The van der Waals surface area contributed by atoms with Gasteiger partial charge in [-0.15, -0.1) is 0 Å². The second-order valence-corrected chi connectivity index (χ2v) is 3.86. The van der Waals surface area contributed by atoms with Crippen LogP contribution in [0.3, 0.4) is 0 Å². The number of likely N-dealkylation sites (N-methyl/N-ethyl adjacent to an activating group) is 1. The molecule has 20 heavy (non-hydrogen) atoms. The maximum atomic E-state index is 13.3. The minimum Gasteiger partial charge on any atom is -0.484 e. The zero-order valence-electron chi connectivity index (χ0n) is 11.0. The Hall–Kier alpha value is -2.22. The van der Waals surface area contributed by atoms with Gasteiger partial charge >= 0.3 is 5.69 Å². The van der Waals surface area contributed by atoms with Crippen molar-refractivity contribution >= 4 is 11.6 Å². The van der Waals surface area contributed by atoms with Crippen LogP contribution in [0.4, 0.5) is 10.1 Å². The lowest BCUT2D eigenvalue weighted by molar-refractivity contribution is -0.387. The average molecular weight is 285 g/mol. The number of ether oxygens (including phenoxy) is 1. The van der Waals surface area contributed by atoms with Crippen molar-refractivity contribution in [3.05, 3.63) is 34.1 Å². The van der Waals surface area contributed by atoms with E-state index in [1.807, 2.05) is 6.92 Å². The Morgan fingerprint density at radius 1 is 1.45 bits per heavy atom. The zero-order valence-corrected chi connectivity index (χ0v) is 11.0. The number of hydrogen-bond acceptors (Lipinski definition) is 5. The first-order valence-corrected chi connectivity index (χ1v) is 6.08. The normalized spacial score (nSPS) is 10.1. The van der Waals surface area contributed by atoms with Crippen LogP contribution in [0.1, 0.15) is 6.92 Å². The largest absolute Gasteiger partial charge is 0.484 e. The average Bonchev–Trinajstić information content (AvgIpc) is 2.41. The molecule has 0 atom stereocenters. The highest BCUT2D eigenvalue weighted by molar-refractivity contribution is 5.77. The zero-order chi connectivity index (χ0) is 15.0. The summed E-state index contributed by atoms with van der Waals surface area (Å²) in [6, 6.07) is 3.12. The molecule has 0 saturated carbocycles. The Kier molecular flexibility index (Phi) is 6.38. The standard InChI is InChI=1S/C12H16FN3O4/c1-2-14-5-6-15-12(17)8-20-9-3-4-11(16(18)19)10(13)7-9/h3-4,7,14H,2,5-6,8H2,1H3,(H,15,17). The summed E-state index contributed by atoms with van der Waals surface area (Å²) in [5.41, 5.74) is -0.632. The van der Waals surface area contributed by atoms with E-state index in [9.17, 15) is 19.3 Å². The maximum absolute atomic E-state index is 13.3. The number of nitro groups is 1. The monoisotopic (exact) mass is 285 g/mol. The number of nitrogens with one attached hydrogen (secondary N) is 2. The van der Waals surface area contributed by atoms with Crippen molar-refractivity contribution in [2.24, 2.45) is 0 Å². The second kappa shape index (κ2) is 8.05. The third kappa shape index (κ3) is 5.19. The molecule has 1 rings (SSSR count). The summed E-state index contributed by atoms with van der Waals surface area (Å²) < 4.78 is 18.3. The van der Waals surface area contributed by atoms with E-state index in [1.165, 1.54) is 6.07 Å². The molecular weight excluding hydrogens is 269 g/mol. The highest BCUT2D eigenvalue weighted by Gasteiger charge is 2.14. The number of carbonyl (C=O) groups excluding carboxylic acids is 1. The molecule has 8 heteroatoms. The SMILES string of the molecule is CCNCCNC(=O)COc1ccc([N+](=O)[O-])c(F)c1. The summed E-state index contributed by atoms with van der Waals surface area (Å²) in [4.78, 5) is 21.0. The Balaban J connectivity index is 2.40. The second-order valence-electron chi connectivity index (χ2n) is 3.86. The Morgan fingerprint density at radius 3 is 2.80 bits per heavy atom. The Bertz CT molecular complexity index is 482. The van der Waals surface area contributed by atoms with E-state index in [0.717, 1.165) is 18.7 Å². The highest BCUT2D eigenvalue weighted by atomic mass is 19.1. The molecule has 2 N–H and O–H groups in total. The number of halogens is 1. The maximum Gasteiger partial charge on any atom is 0.305 e. The topological polar surface area (TPSA) is 93.5 Å². The van der Waals surface area contributed by atoms with Gasteiger partial charge in [-0.3, -0.25) is 14.9 Å². The summed E-state index contributed by atoms with van der Waals surface area (Å²) in [6.07, 6.45) is 0. The molecule has 0 heterocycles. The van der Waals surface area contributed by atoms with Crippen molar-refractivity contribution in [2.75, 3.05) is 26.2 Å². The number of hydrogen-bond donors (Lipinski definition) is 2. The third-order valence-electron chi connectivity index (χ3n) is 2.36.